The van der Waals surface area contributed by atoms with E-state index in [1.54, 1.807) is 18.2 Å². The first-order chi connectivity index (χ1) is 12.8. The quantitative estimate of drug-likeness (QED) is 0.536. The predicted molar refractivity (Wildman–Crippen MR) is 111 cm³/mol. The van der Waals surface area contributed by atoms with E-state index in [1.807, 2.05) is 45.9 Å². The molecule has 0 radical (unpaired) electrons. The zero-order valence-electron chi connectivity index (χ0n) is 16.2. The summed E-state index contributed by atoms with van der Waals surface area (Å²) in [5.41, 5.74) is 8.84. The van der Waals surface area contributed by atoms with Crippen molar-refractivity contribution in [2.75, 3.05) is 12.4 Å². The molecule has 3 N–H and O–H groups in total. The van der Waals surface area contributed by atoms with Crippen LogP contribution in [0.25, 0.3) is 0 Å². The van der Waals surface area contributed by atoms with Crippen molar-refractivity contribution in [3.8, 4) is 11.5 Å². The van der Waals surface area contributed by atoms with Gasteiger partial charge in [-0.2, -0.15) is 0 Å². The molecule has 144 valence electrons. The Hall–Kier alpha value is -2.80. The van der Waals surface area contributed by atoms with Crippen molar-refractivity contribution in [1.82, 2.24) is 10.9 Å². The number of amides is 1. The fourth-order valence-corrected chi connectivity index (χ4v) is 2.55. The predicted octanol–water partition coefficient (Wildman–Crippen LogP) is 3.73. The Morgan fingerprint density at radius 2 is 1.81 bits per heavy atom. The van der Waals surface area contributed by atoms with Crippen LogP contribution in [-0.4, -0.2) is 24.2 Å². The number of rotatable bonds is 5. The third kappa shape index (κ3) is 5.59. The van der Waals surface area contributed by atoms with Crippen molar-refractivity contribution in [3.05, 3.63) is 53.1 Å². The largest absolute Gasteiger partial charge is 0.493 e. The Balaban J connectivity index is 1.98. The average Bonchev–Trinajstić information content (AvgIpc) is 2.63. The first-order valence-electron chi connectivity index (χ1n) is 8.60. The van der Waals surface area contributed by atoms with Crippen LogP contribution in [0, 0.1) is 13.8 Å². The summed E-state index contributed by atoms with van der Waals surface area (Å²) in [6.45, 7) is 7.88. The van der Waals surface area contributed by atoms with Crippen LogP contribution in [-0.2, 0) is 0 Å². The summed E-state index contributed by atoms with van der Waals surface area (Å²) in [5.74, 6) is 0.742. The first kappa shape index (κ1) is 20.5. The van der Waals surface area contributed by atoms with Crippen molar-refractivity contribution in [1.29, 1.82) is 0 Å². The normalized spacial score (nSPS) is 10.3. The van der Waals surface area contributed by atoms with Crippen molar-refractivity contribution in [2.24, 2.45) is 0 Å². The molecule has 0 bridgehead atoms. The van der Waals surface area contributed by atoms with Crippen molar-refractivity contribution >= 4 is 28.9 Å². The van der Waals surface area contributed by atoms with E-state index in [4.69, 9.17) is 21.7 Å². The molecule has 0 spiro atoms. The molecule has 6 nitrogen and oxygen atoms in total. The van der Waals surface area contributed by atoms with Crippen LogP contribution >= 0.6 is 12.2 Å². The summed E-state index contributed by atoms with van der Waals surface area (Å²) in [6.07, 6.45) is 0.00812. The number of carbonyl (C=O) groups excluding carboxylic acids is 1. The van der Waals surface area contributed by atoms with E-state index < -0.39 is 0 Å². The number of benzene rings is 2. The molecular weight excluding hydrogens is 362 g/mol. The molecule has 1 amide bonds. The highest BCUT2D eigenvalue weighted by Crippen LogP contribution is 2.28. The number of nitrogens with one attached hydrogen (secondary N) is 3. The minimum Gasteiger partial charge on any atom is -0.493 e. The summed E-state index contributed by atoms with van der Waals surface area (Å²) in [4.78, 5) is 12.4. The van der Waals surface area contributed by atoms with E-state index in [-0.39, 0.29) is 12.0 Å². The molecule has 0 aliphatic carbocycles. The summed E-state index contributed by atoms with van der Waals surface area (Å²) in [6, 6.07) is 10.9. The lowest BCUT2D eigenvalue weighted by Crippen LogP contribution is -2.43. The van der Waals surface area contributed by atoms with Crippen LogP contribution in [0.2, 0.25) is 0 Å². The molecule has 7 heteroatoms. The van der Waals surface area contributed by atoms with E-state index in [2.05, 4.69) is 16.2 Å². The Bertz CT molecular complexity index is 837. The maximum atomic E-state index is 12.4. The topological polar surface area (TPSA) is 71.6 Å². The average molecular weight is 388 g/mol. The molecule has 0 fully saturated rings. The second-order valence-corrected chi connectivity index (χ2v) is 6.72. The molecule has 0 saturated carbocycles. The molecular formula is C20H25N3O3S. The van der Waals surface area contributed by atoms with Gasteiger partial charge in [-0.15, -0.1) is 0 Å². The monoisotopic (exact) mass is 387 g/mol. The fourth-order valence-electron chi connectivity index (χ4n) is 2.39. The van der Waals surface area contributed by atoms with E-state index in [0.717, 1.165) is 16.8 Å². The standard InChI is InChI=1S/C20H25N3O3S/c1-12(2)26-17-10-9-15(11-18(17)25-5)19(24)22-23-20(27)21-16-8-6-7-13(3)14(16)4/h6-12H,1-5H3,(H,22,24)(H2,21,23,27). The fraction of sp³-hybridized carbons (Fsp3) is 0.300. The van der Waals surface area contributed by atoms with Gasteiger partial charge in [0.15, 0.2) is 16.6 Å². The third-order valence-electron chi connectivity index (χ3n) is 3.93. The first-order valence-corrected chi connectivity index (χ1v) is 9.01. The molecule has 2 rings (SSSR count). The van der Waals surface area contributed by atoms with Gasteiger partial charge in [0.2, 0.25) is 0 Å². The van der Waals surface area contributed by atoms with Gasteiger partial charge in [-0.05, 0) is 75.3 Å². The molecule has 2 aromatic carbocycles. The highest BCUT2D eigenvalue weighted by atomic mass is 32.1. The molecule has 0 aromatic heterocycles. The maximum absolute atomic E-state index is 12.4. The number of anilines is 1. The van der Waals surface area contributed by atoms with Crippen LogP contribution < -0.4 is 25.6 Å². The van der Waals surface area contributed by atoms with Gasteiger partial charge in [0.25, 0.3) is 5.91 Å². The van der Waals surface area contributed by atoms with Crippen LogP contribution in [0.4, 0.5) is 5.69 Å². The Kier molecular flexibility index (Phi) is 7.01. The van der Waals surface area contributed by atoms with Gasteiger partial charge >= 0.3 is 0 Å². The number of aryl methyl sites for hydroxylation is 1. The molecule has 2 aromatic rings. The lowest BCUT2D eigenvalue weighted by Gasteiger charge is -2.16. The van der Waals surface area contributed by atoms with E-state index in [1.165, 1.54) is 7.11 Å². The van der Waals surface area contributed by atoms with Crippen molar-refractivity contribution in [3.63, 3.8) is 0 Å². The Morgan fingerprint density at radius 1 is 1.07 bits per heavy atom. The third-order valence-corrected chi connectivity index (χ3v) is 4.14. The SMILES string of the molecule is COc1cc(C(=O)NNC(=S)Nc2cccc(C)c2C)ccc1OC(C)C. The second-order valence-electron chi connectivity index (χ2n) is 6.31. The summed E-state index contributed by atoms with van der Waals surface area (Å²) >= 11 is 5.24. The highest BCUT2D eigenvalue weighted by molar-refractivity contribution is 7.80. The number of hydrogen-bond donors (Lipinski definition) is 3. The van der Waals surface area contributed by atoms with Crippen molar-refractivity contribution in [2.45, 2.75) is 33.8 Å². The molecule has 0 unspecified atom stereocenters. The number of hydrogen-bond acceptors (Lipinski definition) is 4. The minimum absolute atomic E-state index is 0.00812. The van der Waals surface area contributed by atoms with Gasteiger partial charge in [0.1, 0.15) is 0 Å². The van der Waals surface area contributed by atoms with Crippen LogP contribution in [0.3, 0.4) is 0 Å². The zero-order chi connectivity index (χ0) is 20.0. The number of ether oxygens (including phenoxy) is 2. The molecule has 0 atom stereocenters. The summed E-state index contributed by atoms with van der Waals surface area (Å²) in [7, 11) is 1.53. The minimum atomic E-state index is -0.338. The Labute approximate surface area is 165 Å². The van der Waals surface area contributed by atoms with Gasteiger partial charge in [-0.1, -0.05) is 12.1 Å². The van der Waals surface area contributed by atoms with Gasteiger partial charge in [0.05, 0.1) is 13.2 Å². The Morgan fingerprint density at radius 3 is 2.48 bits per heavy atom. The van der Waals surface area contributed by atoms with Gasteiger partial charge < -0.3 is 14.8 Å². The molecule has 27 heavy (non-hydrogen) atoms. The molecule has 0 aliphatic rings. The lowest BCUT2D eigenvalue weighted by molar-refractivity contribution is 0.0943. The number of thiocarbonyl (C=S) groups is 1. The summed E-state index contributed by atoms with van der Waals surface area (Å²) in [5, 5.41) is 3.37. The van der Waals surface area contributed by atoms with E-state index in [0.29, 0.717) is 22.2 Å². The smallest absolute Gasteiger partial charge is 0.269 e. The lowest BCUT2D eigenvalue weighted by atomic mass is 10.1. The second kappa shape index (κ2) is 9.23. The number of methoxy groups -OCH3 is 1. The van der Waals surface area contributed by atoms with Crippen LogP contribution in [0.5, 0.6) is 11.5 Å². The molecule has 0 heterocycles. The van der Waals surface area contributed by atoms with Gasteiger partial charge in [-0.25, -0.2) is 0 Å². The van der Waals surface area contributed by atoms with E-state index >= 15 is 0 Å². The number of hydrazine groups is 1. The van der Waals surface area contributed by atoms with Crippen molar-refractivity contribution < 1.29 is 14.3 Å². The van der Waals surface area contributed by atoms with Crippen LogP contribution in [0.1, 0.15) is 35.3 Å². The highest BCUT2D eigenvalue weighted by Gasteiger charge is 2.12. The van der Waals surface area contributed by atoms with Gasteiger partial charge in [-0.3, -0.25) is 15.6 Å². The molecule has 0 saturated heterocycles. The van der Waals surface area contributed by atoms with Gasteiger partial charge in [0, 0.05) is 11.3 Å². The maximum Gasteiger partial charge on any atom is 0.269 e. The summed E-state index contributed by atoms with van der Waals surface area (Å²) < 4.78 is 11.0. The van der Waals surface area contributed by atoms with Crippen LogP contribution in [0.15, 0.2) is 36.4 Å². The molecule has 0 aliphatic heterocycles. The van der Waals surface area contributed by atoms with E-state index in [9.17, 15) is 4.79 Å². The zero-order valence-corrected chi connectivity index (χ0v) is 17.0. The number of carbonyl (C=O) groups is 1.